The van der Waals surface area contributed by atoms with Crippen molar-refractivity contribution in [2.24, 2.45) is 5.92 Å². The summed E-state index contributed by atoms with van der Waals surface area (Å²) in [5.74, 6) is -0.540. The number of hydrogen-bond acceptors (Lipinski definition) is 2. The fourth-order valence-corrected chi connectivity index (χ4v) is 2.92. The molecule has 2 atom stereocenters. The second-order valence-electron chi connectivity index (χ2n) is 5.53. The molecule has 1 aliphatic rings. The fraction of sp³-hybridized carbons (Fsp3) is 0.533. The van der Waals surface area contributed by atoms with E-state index in [9.17, 15) is 14.3 Å². The lowest BCUT2D eigenvalue weighted by molar-refractivity contribution is 0.0693. The van der Waals surface area contributed by atoms with Gasteiger partial charge in [-0.05, 0) is 37.5 Å². The molecule has 0 radical (unpaired) electrons. The van der Waals surface area contributed by atoms with Gasteiger partial charge in [-0.2, -0.15) is 0 Å². The van der Waals surface area contributed by atoms with Gasteiger partial charge >= 0.3 is 0 Å². The zero-order valence-electron chi connectivity index (χ0n) is 11.7. The molecule has 1 aromatic rings. The van der Waals surface area contributed by atoms with Crippen LogP contribution in [-0.2, 0) is 0 Å². The lowest BCUT2D eigenvalue weighted by Gasteiger charge is -2.24. The third-order valence-corrected chi connectivity index (χ3v) is 4.27. The van der Waals surface area contributed by atoms with Crippen LogP contribution in [0.5, 0.6) is 0 Å². The molecule has 1 N–H and O–H groups in total. The summed E-state index contributed by atoms with van der Waals surface area (Å²) >= 11 is 5.95. The quantitative estimate of drug-likeness (QED) is 0.932. The maximum atomic E-state index is 13.4. The van der Waals surface area contributed by atoms with Gasteiger partial charge in [0.2, 0.25) is 0 Å². The van der Waals surface area contributed by atoms with Crippen molar-refractivity contribution in [1.29, 1.82) is 0 Å². The predicted molar refractivity (Wildman–Crippen MR) is 76.5 cm³/mol. The number of carbonyl (C=O) groups is 1. The standard InChI is InChI=1S/C15H19ClFNO2/c1-9-6-11(12(16)7-13(9)17)15(20)18(2)8-10-4-3-5-14(10)19/h6-7,10,14,19H,3-5,8H2,1-2H3. The Morgan fingerprint density at radius 1 is 1.50 bits per heavy atom. The van der Waals surface area contributed by atoms with E-state index in [1.807, 2.05) is 0 Å². The van der Waals surface area contributed by atoms with E-state index in [4.69, 9.17) is 11.6 Å². The monoisotopic (exact) mass is 299 g/mol. The van der Waals surface area contributed by atoms with E-state index in [0.717, 1.165) is 19.3 Å². The van der Waals surface area contributed by atoms with Crippen molar-refractivity contribution in [3.05, 3.63) is 34.1 Å². The molecule has 20 heavy (non-hydrogen) atoms. The summed E-state index contributed by atoms with van der Waals surface area (Å²) in [5.41, 5.74) is 0.701. The summed E-state index contributed by atoms with van der Waals surface area (Å²) in [4.78, 5) is 13.9. The Kier molecular flexibility index (Phi) is 4.66. The number of amides is 1. The molecule has 0 saturated heterocycles. The van der Waals surface area contributed by atoms with Crippen LogP contribution in [0, 0.1) is 18.7 Å². The van der Waals surface area contributed by atoms with Crippen molar-refractivity contribution >= 4 is 17.5 Å². The third-order valence-electron chi connectivity index (χ3n) is 3.95. The number of halogens is 2. The summed E-state index contributed by atoms with van der Waals surface area (Å²) in [5, 5.41) is 9.93. The summed E-state index contributed by atoms with van der Waals surface area (Å²) in [6.45, 7) is 2.09. The van der Waals surface area contributed by atoms with Gasteiger partial charge in [-0.15, -0.1) is 0 Å². The van der Waals surface area contributed by atoms with Crippen LogP contribution in [0.15, 0.2) is 12.1 Å². The predicted octanol–water partition coefficient (Wildman–Crippen LogP) is 3.02. The van der Waals surface area contributed by atoms with Crippen molar-refractivity contribution in [2.75, 3.05) is 13.6 Å². The zero-order valence-corrected chi connectivity index (χ0v) is 12.5. The molecule has 1 amide bonds. The van der Waals surface area contributed by atoms with E-state index >= 15 is 0 Å². The average molecular weight is 300 g/mol. The van der Waals surface area contributed by atoms with E-state index in [0.29, 0.717) is 17.7 Å². The Labute approximate surface area is 123 Å². The highest BCUT2D eigenvalue weighted by molar-refractivity contribution is 6.33. The normalized spacial score (nSPS) is 22.1. The van der Waals surface area contributed by atoms with Crippen LogP contribution in [0.1, 0.15) is 35.2 Å². The number of hydrogen-bond donors (Lipinski definition) is 1. The Balaban J connectivity index is 2.12. The molecule has 5 heteroatoms. The first kappa shape index (κ1) is 15.3. The van der Waals surface area contributed by atoms with Crippen LogP contribution in [0.25, 0.3) is 0 Å². The maximum Gasteiger partial charge on any atom is 0.255 e. The Hall–Kier alpha value is -1.13. The highest BCUT2D eigenvalue weighted by atomic mass is 35.5. The molecule has 1 saturated carbocycles. The molecule has 110 valence electrons. The van der Waals surface area contributed by atoms with Gasteiger partial charge in [-0.1, -0.05) is 18.0 Å². The third kappa shape index (κ3) is 3.13. The van der Waals surface area contributed by atoms with Gasteiger partial charge in [0.05, 0.1) is 16.7 Å². The number of rotatable bonds is 3. The lowest BCUT2D eigenvalue weighted by Crippen LogP contribution is -2.34. The number of aliphatic hydroxyl groups is 1. The number of aryl methyl sites for hydroxylation is 1. The summed E-state index contributed by atoms with van der Waals surface area (Å²) in [6, 6.07) is 2.64. The minimum absolute atomic E-state index is 0.115. The molecule has 0 aliphatic heterocycles. The van der Waals surface area contributed by atoms with Gasteiger partial charge in [0.1, 0.15) is 5.82 Å². The van der Waals surface area contributed by atoms with E-state index in [1.54, 1.807) is 18.9 Å². The number of aliphatic hydroxyl groups excluding tert-OH is 1. The molecular formula is C15H19ClFNO2. The number of carbonyl (C=O) groups excluding carboxylic acids is 1. The first-order valence-electron chi connectivity index (χ1n) is 6.79. The van der Waals surface area contributed by atoms with Crippen LogP contribution in [-0.4, -0.2) is 35.6 Å². The first-order chi connectivity index (χ1) is 9.40. The Morgan fingerprint density at radius 2 is 2.20 bits per heavy atom. The van der Waals surface area contributed by atoms with Gasteiger partial charge in [0.25, 0.3) is 5.91 Å². The van der Waals surface area contributed by atoms with Gasteiger partial charge < -0.3 is 10.0 Å². The van der Waals surface area contributed by atoms with Crippen molar-refractivity contribution in [3.8, 4) is 0 Å². The second-order valence-corrected chi connectivity index (χ2v) is 5.93. The highest BCUT2D eigenvalue weighted by Gasteiger charge is 2.28. The topological polar surface area (TPSA) is 40.5 Å². The molecule has 2 unspecified atom stereocenters. The van der Waals surface area contributed by atoms with E-state index in [1.165, 1.54) is 12.1 Å². The molecule has 1 fully saturated rings. The molecule has 3 nitrogen and oxygen atoms in total. The molecule has 0 bridgehead atoms. The second kappa shape index (κ2) is 6.10. The molecule has 0 spiro atoms. The Bertz CT molecular complexity index is 521. The van der Waals surface area contributed by atoms with E-state index < -0.39 is 5.82 Å². The molecular weight excluding hydrogens is 281 g/mol. The largest absolute Gasteiger partial charge is 0.393 e. The fourth-order valence-electron chi connectivity index (χ4n) is 2.69. The lowest BCUT2D eigenvalue weighted by atomic mass is 10.0. The first-order valence-corrected chi connectivity index (χ1v) is 7.17. The van der Waals surface area contributed by atoms with Crippen LogP contribution < -0.4 is 0 Å². The zero-order chi connectivity index (χ0) is 14.9. The van der Waals surface area contributed by atoms with Crippen molar-refractivity contribution < 1.29 is 14.3 Å². The number of nitrogens with zero attached hydrogens (tertiary/aromatic N) is 1. The van der Waals surface area contributed by atoms with E-state index in [2.05, 4.69) is 0 Å². The van der Waals surface area contributed by atoms with Gasteiger partial charge in [-0.3, -0.25) is 4.79 Å². The van der Waals surface area contributed by atoms with Gasteiger partial charge in [-0.25, -0.2) is 4.39 Å². The minimum atomic E-state index is -0.416. The smallest absolute Gasteiger partial charge is 0.255 e. The van der Waals surface area contributed by atoms with Crippen molar-refractivity contribution in [2.45, 2.75) is 32.3 Å². The van der Waals surface area contributed by atoms with Gasteiger partial charge in [0.15, 0.2) is 0 Å². The number of benzene rings is 1. The summed E-state index contributed by atoms with van der Waals surface area (Å²) in [7, 11) is 1.68. The highest BCUT2D eigenvalue weighted by Crippen LogP contribution is 2.27. The molecule has 1 aliphatic carbocycles. The van der Waals surface area contributed by atoms with Crippen LogP contribution >= 0.6 is 11.6 Å². The summed E-state index contributed by atoms with van der Waals surface area (Å²) < 4.78 is 13.4. The SMILES string of the molecule is Cc1cc(C(=O)N(C)CC2CCCC2O)c(Cl)cc1F. The summed E-state index contributed by atoms with van der Waals surface area (Å²) in [6.07, 6.45) is 2.37. The van der Waals surface area contributed by atoms with Crippen LogP contribution in [0.4, 0.5) is 4.39 Å². The minimum Gasteiger partial charge on any atom is -0.393 e. The molecule has 2 rings (SSSR count). The molecule has 0 aromatic heterocycles. The van der Waals surface area contributed by atoms with Gasteiger partial charge in [0, 0.05) is 19.5 Å². The molecule has 1 aromatic carbocycles. The van der Waals surface area contributed by atoms with Crippen LogP contribution in [0.3, 0.4) is 0 Å². The molecule has 0 heterocycles. The van der Waals surface area contributed by atoms with Crippen molar-refractivity contribution in [1.82, 2.24) is 4.90 Å². The van der Waals surface area contributed by atoms with E-state index in [-0.39, 0.29) is 23.0 Å². The maximum absolute atomic E-state index is 13.4. The van der Waals surface area contributed by atoms with Crippen molar-refractivity contribution in [3.63, 3.8) is 0 Å². The van der Waals surface area contributed by atoms with Crippen LogP contribution in [0.2, 0.25) is 5.02 Å². The average Bonchev–Trinajstić information content (AvgIpc) is 2.78. The Morgan fingerprint density at radius 3 is 2.80 bits per heavy atom.